The normalized spacial score (nSPS) is 16.6. The average Bonchev–Trinajstić information content (AvgIpc) is 3.04. The topological polar surface area (TPSA) is 63.0 Å². The van der Waals surface area contributed by atoms with Gasteiger partial charge in [-0.05, 0) is 48.4 Å². The third-order valence-corrected chi connectivity index (χ3v) is 4.58. The van der Waals surface area contributed by atoms with Crippen molar-refractivity contribution in [3.8, 4) is 22.4 Å². The van der Waals surface area contributed by atoms with Gasteiger partial charge in [-0.1, -0.05) is 0 Å². The fourth-order valence-corrected chi connectivity index (χ4v) is 3.39. The zero-order chi connectivity index (χ0) is 17.2. The summed E-state index contributed by atoms with van der Waals surface area (Å²) in [6.45, 7) is 1.59. The Hall–Kier alpha value is -2.57. The first kappa shape index (κ1) is 15.9. The minimum Gasteiger partial charge on any atom is -0.396 e. The Kier molecular flexibility index (Phi) is 4.29. The number of aliphatic hydroxyl groups is 1. The van der Waals surface area contributed by atoms with Crippen LogP contribution in [0.25, 0.3) is 22.4 Å². The number of pyridine rings is 1. The second-order valence-electron chi connectivity index (χ2n) is 6.15. The van der Waals surface area contributed by atoms with E-state index in [-0.39, 0.29) is 18.5 Å². The molecule has 0 aliphatic carbocycles. The quantitative estimate of drug-likeness (QED) is 0.768. The summed E-state index contributed by atoms with van der Waals surface area (Å²) in [4.78, 5) is 4.10. The van der Waals surface area contributed by atoms with Crippen molar-refractivity contribution in [2.24, 2.45) is 0 Å². The van der Waals surface area contributed by atoms with Crippen molar-refractivity contribution in [2.45, 2.75) is 19.0 Å². The largest absolute Gasteiger partial charge is 0.396 e. The first-order valence-corrected chi connectivity index (χ1v) is 8.37. The maximum atomic E-state index is 13.3. The molecule has 0 bridgehead atoms. The zero-order valence-electron chi connectivity index (χ0n) is 13.7. The smallest absolute Gasteiger partial charge is 0.123 e. The lowest BCUT2D eigenvalue weighted by Crippen LogP contribution is -2.34. The minimum atomic E-state index is -0.266. The molecule has 1 atom stereocenters. The summed E-state index contributed by atoms with van der Waals surface area (Å²) in [5, 5.41) is 17.6. The van der Waals surface area contributed by atoms with Gasteiger partial charge in [-0.2, -0.15) is 5.10 Å². The molecule has 3 aromatic rings. The number of hydrogen-bond acceptors (Lipinski definition) is 4. The van der Waals surface area contributed by atoms with Crippen molar-refractivity contribution in [2.75, 3.05) is 13.2 Å². The molecule has 0 radical (unpaired) electrons. The standard InChI is InChI=1S/C19H19FN4O/c20-15-3-1-14(2-4-15)19-18(13-5-8-21-9-6-13)17-12-22-11-16(7-10-25)24(17)23-19/h1-6,8-9,16,22,25H,7,10-12H2/t16-/m1/s1. The predicted molar refractivity (Wildman–Crippen MR) is 93.3 cm³/mol. The van der Waals surface area contributed by atoms with Crippen LogP contribution in [0.2, 0.25) is 0 Å². The Labute approximate surface area is 145 Å². The first-order chi connectivity index (χ1) is 12.3. The van der Waals surface area contributed by atoms with Crippen molar-refractivity contribution in [1.29, 1.82) is 0 Å². The molecule has 0 fully saturated rings. The van der Waals surface area contributed by atoms with Gasteiger partial charge < -0.3 is 10.4 Å². The number of nitrogens with zero attached hydrogens (tertiary/aromatic N) is 3. The van der Waals surface area contributed by atoms with E-state index >= 15 is 0 Å². The molecule has 1 aliphatic rings. The molecule has 0 saturated heterocycles. The Morgan fingerprint density at radius 1 is 1.12 bits per heavy atom. The summed E-state index contributed by atoms with van der Waals surface area (Å²) in [5.74, 6) is -0.266. The maximum Gasteiger partial charge on any atom is 0.123 e. The van der Waals surface area contributed by atoms with Gasteiger partial charge in [-0.25, -0.2) is 4.39 Å². The highest BCUT2D eigenvalue weighted by atomic mass is 19.1. The fourth-order valence-electron chi connectivity index (χ4n) is 3.39. The molecule has 2 N–H and O–H groups in total. The fraction of sp³-hybridized carbons (Fsp3) is 0.263. The number of benzene rings is 1. The van der Waals surface area contributed by atoms with E-state index in [2.05, 4.69) is 10.3 Å². The van der Waals surface area contributed by atoms with Crippen LogP contribution in [-0.4, -0.2) is 33.0 Å². The van der Waals surface area contributed by atoms with Gasteiger partial charge >= 0.3 is 0 Å². The van der Waals surface area contributed by atoms with E-state index in [0.717, 1.165) is 34.6 Å². The third-order valence-electron chi connectivity index (χ3n) is 4.58. The highest BCUT2D eigenvalue weighted by Gasteiger charge is 2.27. The molecule has 5 nitrogen and oxygen atoms in total. The molecule has 0 spiro atoms. The van der Waals surface area contributed by atoms with Gasteiger partial charge in [0.25, 0.3) is 0 Å². The Morgan fingerprint density at radius 3 is 2.60 bits per heavy atom. The molecule has 1 aromatic carbocycles. The lowest BCUT2D eigenvalue weighted by molar-refractivity contribution is 0.237. The zero-order valence-corrected chi connectivity index (χ0v) is 13.7. The van der Waals surface area contributed by atoms with Crippen molar-refractivity contribution in [3.63, 3.8) is 0 Å². The van der Waals surface area contributed by atoms with Gasteiger partial charge in [0, 0.05) is 43.2 Å². The van der Waals surface area contributed by atoms with Gasteiger partial charge in [-0.3, -0.25) is 9.67 Å². The monoisotopic (exact) mass is 338 g/mol. The summed E-state index contributed by atoms with van der Waals surface area (Å²) < 4.78 is 15.4. The van der Waals surface area contributed by atoms with E-state index in [9.17, 15) is 9.50 Å². The van der Waals surface area contributed by atoms with Crippen molar-refractivity contribution < 1.29 is 9.50 Å². The van der Waals surface area contributed by atoms with Crippen molar-refractivity contribution in [1.82, 2.24) is 20.1 Å². The first-order valence-electron chi connectivity index (χ1n) is 8.37. The molecule has 2 aromatic heterocycles. The van der Waals surface area contributed by atoms with Gasteiger partial charge in [0.2, 0.25) is 0 Å². The van der Waals surface area contributed by atoms with Gasteiger partial charge in [-0.15, -0.1) is 0 Å². The minimum absolute atomic E-state index is 0.100. The summed E-state index contributed by atoms with van der Waals surface area (Å²) in [6.07, 6.45) is 4.16. The number of fused-ring (bicyclic) bond motifs is 1. The Morgan fingerprint density at radius 2 is 1.88 bits per heavy atom. The molecular weight excluding hydrogens is 319 g/mol. The van der Waals surface area contributed by atoms with Crippen LogP contribution in [0.4, 0.5) is 4.39 Å². The SMILES string of the molecule is OCC[C@@H]1CNCc2c(-c3ccncc3)c(-c3ccc(F)cc3)nn21. The van der Waals surface area contributed by atoms with E-state index in [0.29, 0.717) is 13.0 Å². The molecule has 0 saturated carbocycles. The molecule has 25 heavy (non-hydrogen) atoms. The van der Waals surface area contributed by atoms with E-state index in [1.165, 1.54) is 12.1 Å². The van der Waals surface area contributed by atoms with Crippen LogP contribution < -0.4 is 5.32 Å². The summed E-state index contributed by atoms with van der Waals surface area (Å²) in [5.41, 5.74) is 4.84. The van der Waals surface area contributed by atoms with E-state index in [1.54, 1.807) is 24.5 Å². The molecule has 4 rings (SSSR count). The molecular formula is C19H19FN4O. The third kappa shape index (κ3) is 2.94. The van der Waals surface area contributed by atoms with Crippen LogP contribution in [-0.2, 0) is 6.54 Å². The second kappa shape index (κ2) is 6.74. The average molecular weight is 338 g/mol. The Bertz CT molecular complexity index is 861. The van der Waals surface area contributed by atoms with Crippen LogP contribution in [0.5, 0.6) is 0 Å². The summed E-state index contributed by atoms with van der Waals surface area (Å²) in [6, 6.07) is 10.4. The molecule has 1 aliphatic heterocycles. The number of nitrogens with one attached hydrogen (secondary N) is 1. The summed E-state index contributed by atoms with van der Waals surface area (Å²) in [7, 11) is 0. The lowest BCUT2D eigenvalue weighted by Gasteiger charge is -2.25. The van der Waals surface area contributed by atoms with Crippen LogP contribution in [0, 0.1) is 5.82 Å². The molecule has 0 unspecified atom stereocenters. The lowest BCUT2D eigenvalue weighted by atomic mass is 9.98. The molecule has 3 heterocycles. The molecule has 6 heteroatoms. The Balaban J connectivity index is 1.92. The van der Waals surface area contributed by atoms with E-state index in [4.69, 9.17) is 5.10 Å². The van der Waals surface area contributed by atoms with Crippen LogP contribution >= 0.6 is 0 Å². The highest BCUT2D eigenvalue weighted by molar-refractivity contribution is 5.82. The van der Waals surface area contributed by atoms with Gasteiger partial charge in [0.05, 0.1) is 11.7 Å². The van der Waals surface area contributed by atoms with Crippen LogP contribution in [0.3, 0.4) is 0 Å². The van der Waals surface area contributed by atoms with Crippen LogP contribution in [0.1, 0.15) is 18.2 Å². The second-order valence-corrected chi connectivity index (χ2v) is 6.15. The van der Waals surface area contributed by atoms with E-state index in [1.807, 2.05) is 16.8 Å². The number of aliphatic hydroxyl groups excluding tert-OH is 1. The molecule has 0 amide bonds. The van der Waals surface area contributed by atoms with Gasteiger partial charge in [0.15, 0.2) is 0 Å². The predicted octanol–water partition coefficient (Wildman–Crippen LogP) is 2.78. The maximum absolute atomic E-state index is 13.3. The number of aromatic nitrogens is 3. The number of hydrogen-bond donors (Lipinski definition) is 2. The number of halogens is 1. The van der Waals surface area contributed by atoms with Crippen molar-refractivity contribution in [3.05, 3.63) is 60.3 Å². The summed E-state index contributed by atoms with van der Waals surface area (Å²) >= 11 is 0. The van der Waals surface area contributed by atoms with E-state index < -0.39 is 0 Å². The highest BCUT2D eigenvalue weighted by Crippen LogP contribution is 2.37. The van der Waals surface area contributed by atoms with Gasteiger partial charge in [0.1, 0.15) is 11.5 Å². The van der Waals surface area contributed by atoms with Crippen molar-refractivity contribution >= 4 is 0 Å². The molecule has 128 valence electrons. The van der Waals surface area contributed by atoms with Crippen LogP contribution in [0.15, 0.2) is 48.8 Å². The number of rotatable bonds is 4.